The zero-order valence-electron chi connectivity index (χ0n) is 25.9. The van der Waals surface area contributed by atoms with Crippen LogP contribution in [0, 0.1) is 5.82 Å². The summed E-state index contributed by atoms with van der Waals surface area (Å²) in [6.45, 7) is 2.21. The van der Waals surface area contributed by atoms with Gasteiger partial charge in [0.2, 0.25) is 0 Å². The van der Waals surface area contributed by atoms with Crippen molar-refractivity contribution in [1.82, 2.24) is 14.5 Å². The normalized spacial score (nSPS) is 17.4. The summed E-state index contributed by atoms with van der Waals surface area (Å²) in [5, 5.41) is 10.6. The number of aryl methyl sites for hydroxylation is 2. The molecule has 0 radical (unpaired) electrons. The van der Waals surface area contributed by atoms with Crippen molar-refractivity contribution in [2.75, 3.05) is 31.6 Å². The van der Waals surface area contributed by atoms with Gasteiger partial charge in [-0.05, 0) is 105 Å². The lowest BCUT2D eigenvalue weighted by molar-refractivity contribution is 0.0984. The number of piperidine rings is 1. The van der Waals surface area contributed by atoms with Crippen LogP contribution >= 0.6 is 11.3 Å². The zero-order valence-corrected chi connectivity index (χ0v) is 26.8. The molecule has 234 valence electrons. The molecular formula is C36H39FN4O3S. The predicted octanol–water partition coefficient (Wildman–Crippen LogP) is 5.62. The van der Waals surface area contributed by atoms with Gasteiger partial charge in [-0.3, -0.25) is 9.59 Å². The van der Waals surface area contributed by atoms with Crippen LogP contribution in [-0.2, 0) is 39.3 Å². The van der Waals surface area contributed by atoms with Gasteiger partial charge in [0, 0.05) is 42.2 Å². The first-order valence-corrected chi connectivity index (χ1v) is 16.8. The number of aliphatic hydroxyl groups excluding tert-OH is 1. The van der Waals surface area contributed by atoms with Gasteiger partial charge in [-0.2, -0.15) is 0 Å². The van der Waals surface area contributed by atoms with Crippen molar-refractivity contribution >= 4 is 22.9 Å². The molecule has 0 unspecified atom stereocenters. The third-order valence-corrected chi connectivity index (χ3v) is 11.2. The predicted molar refractivity (Wildman–Crippen MR) is 176 cm³/mol. The second-order valence-corrected chi connectivity index (χ2v) is 13.9. The highest BCUT2D eigenvalue weighted by molar-refractivity contribution is 7.14. The van der Waals surface area contributed by atoms with Crippen LogP contribution in [0.4, 0.5) is 10.1 Å². The summed E-state index contributed by atoms with van der Waals surface area (Å²) in [6, 6.07) is 11.1. The lowest BCUT2D eigenvalue weighted by Crippen LogP contribution is -2.37. The molecule has 1 amide bonds. The van der Waals surface area contributed by atoms with Crippen LogP contribution in [0.2, 0.25) is 0 Å². The number of aliphatic hydroxyl groups is 1. The fraction of sp³-hybridized carbons (Fsp3) is 0.417. The molecule has 1 fully saturated rings. The summed E-state index contributed by atoms with van der Waals surface area (Å²) in [6.07, 6.45) is 9.22. The maximum absolute atomic E-state index is 15.3. The van der Waals surface area contributed by atoms with Crippen LogP contribution in [0.5, 0.6) is 0 Å². The van der Waals surface area contributed by atoms with Crippen molar-refractivity contribution in [2.24, 2.45) is 7.05 Å². The van der Waals surface area contributed by atoms with E-state index < -0.39 is 12.4 Å². The molecule has 4 aromatic rings. The Morgan fingerprint density at radius 3 is 2.49 bits per heavy atom. The van der Waals surface area contributed by atoms with Crippen LogP contribution in [0.1, 0.15) is 79.7 Å². The smallest absolute Gasteiger partial charge is 0.272 e. The van der Waals surface area contributed by atoms with E-state index in [1.807, 2.05) is 0 Å². The molecule has 4 heterocycles. The number of amides is 1. The van der Waals surface area contributed by atoms with Crippen LogP contribution in [0.3, 0.4) is 0 Å². The van der Waals surface area contributed by atoms with Crippen molar-refractivity contribution in [3.63, 3.8) is 0 Å². The number of rotatable bonds is 6. The van der Waals surface area contributed by atoms with E-state index >= 15 is 4.39 Å². The molecule has 3 aliphatic rings. The number of hydrogen-bond acceptors (Lipinski definition) is 6. The van der Waals surface area contributed by atoms with Gasteiger partial charge in [0.1, 0.15) is 11.5 Å². The number of thiophene rings is 1. The maximum atomic E-state index is 15.3. The summed E-state index contributed by atoms with van der Waals surface area (Å²) in [5.74, 6) is -0.116. The molecule has 0 atom stereocenters. The molecular weight excluding hydrogens is 587 g/mol. The third kappa shape index (κ3) is 5.66. The number of fused-ring (bicyclic) bond motifs is 3. The van der Waals surface area contributed by atoms with E-state index in [0.29, 0.717) is 53.5 Å². The van der Waals surface area contributed by atoms with Gasteiger partial charge in [0.25, 0.3) is 11.5 Å². The Balaban J connectivity index is 1.20. The van der Waals surface area contributed by atoms with Crippen molar-refractivity contribution in [3.8, 4) is 11.3 Å². The Morgan fingerprint density at radius 1 is 0.978 bits per heavy atom. The molecule has 2 aromatic heterocycles. The molecule has 2 aromatic carbocycles. The van der Waals surface area contributed by atoms with Gasteiger partial charge < -0.3 is 19.5 Å². The Kier molecular flexibility index (Phi) is 8.18. The topological polar surface area (TPSA) is 78.7 Å². The van der Waals surface area contributed by atoms with E-state index in [4.69, 9.17) is 4.98 Å². The molecule has 45 heavy (non-hydrogen) atoms. The van der Waals surface area contributed by atoms with Gasteiger partial charge in [0.05, 0.1) is 22.9 Å². The molecule has 1 aliphatic carbocycles. The third-order valence-electron chi connectivity index (χ3n) is 9.90. The number of anilines is 1. The lowest BCUT2D eigenvalue weighted by atomic mass is 9.89. The number of carbonyl (C=O) groups excluding carboxylic acids is 1. The fourth-order valence-electron chi connectivity index (χ4n) is 7.36. The summed E-state index contributed by atoms with van der Waals surface area (Å²) in [5.41, 5.74) is 6.47. The summed E-state index contributed by atoms with van der Waals surface area (Å²) < 4.78 is 16.8. The minimum Gasteiger partial charge on any atom is -0.392 e. The number of aromatic nitrogens is 2. The second kappa shape index (κ2) is 12.3. The number of nitrogens with zero attached hydrogens (tertiary/aromatic N) is 4. The monoisotopic (exact) mass is 626 g/mol. The number of hydrogen-bond donors (Lipinski definition) is 1. The molecule has 2 aliphatic heterocycles. The molecule has 7 rings (SSSR count). The Labute approximate surface area is 267 Å². The van der Waals surface area contributed by atoms with Crippen LogP contribution in [-0.4, -0.2) is 52.1 Å². The Morgan fingerprint density at radius 2 is 1.73 bits per heavy atom. The molecule has 9 heteroatoms. The van der Waals surface area contributed by atoms with Crippen molar-refractivity contribution in [1.29, 1.82) is 0 Å². The van der Waals surface area contributed by atoms with E-state index in [1.165, 1.54) is 32.7 Å². The van der Waals surface area contributed by atoms with Gasteiger partial charge in [-0.25, -0.2) is 9.37 Å². The summed E-state index contributed by atoms with van der Waals surface area (Å²) in [4.78, 5) is 37.8. The largest absolute Gasteiger partial charge is 0.392 e. The molecule has 0 spiro atoms. The fourth-order valence-corrected chi connectivity index (χ4v) is 8.75. The minimum absolute atomic E-state index is 0.139. The quantitative estimate of drug-likeness (QED) is 0.301. The van der Waals surface area contributed by atoms with Gasteiger partial charge in [-0.15, -0.1) is 11.3 Å². The van der Waals surface area contributed by atoms with Crippen LogP contribution in [0.25, 0.3) is 11.3 Å². The molecule has 0 saturated carbocycles. The average Bonchev–Trinajstić information content (AvgIpc) is 3.43. The number of likely N-dealkylation sites (tertiary alicyclic amines) is 1. The Hall–Kier alpha value is -3.66. The lowest BCUT2D eigenvalue weighted by Gasteiger charge is -2.30. The highest BCUT2D eigenvalue weighted by Gasteiger charge is 2.34. The van der Waals surface area contributed by atoms with Gasteiger partial charge in [-0.1, -0.05) is 24.3 Å². The SMILES string of the molecule is CN1CCC(c2ccc(Cc3nc(-c4cc(F)cc(N5CCc6c(sc7c6CCCC7)C5=O)c4CO)cn(C)c3=O)cc2)CC1. The average molecular weight is 627 g/mol. The highest BCUT2D eigenvalue weighted by Crippen LogP contribution is 2.40. The van der Waals surface area contributed by atoms with E-state index in [0.717, 1.165) is 67.6 Å². The van der Waals surface area contributed by atoms with E-state index in [-0.39, 0.29) is 11.5 Å². The molecule has 1 saturated heterocycles. The first kappa shape index (κ1) is 30.0. The first-order chi connectivity index (χ1) is 21.8. The number of benzene rings is 2. The summed E-state index contributed by atoms with van der Waals surface area (Å²) >= 11 is 1.58. The second-order valence-electron chi connectivity index (χ2n) is 12.8. The molecule has 1 N–H and O–H groups in total. The zero-order chi connectivity index (χ0) is 31.2. The highest BCUT2D eigenvalue weighted by atomic mass is 32.1. The van der Waals surface area contributed by atoms with E-state index in [2.05, 4.69) is 36.2 Å². The number of carbonyl (C=O) groups is 1. The van der Waals surface area contributed by atoms with Crippen LogP contribution in [0.15, 0.2) is 47.4 Å². The standard InChI is InChI=1S/C36H39FN4O3S/c1-39-14-11-24(12-15-39)23-9-7-22(8-10-23)17-30-35(43)40(2)20-31(38-30)28-18-25(37)19-32(29(28)21-42)41-16-13-27-26-5-3-4-6-33(26)45-34(27)36(41)44/h7-10,18-20,24,42H,3-6,11-17,21H2,1-2H3. The first-order valence-electron chi connectivity index (χ1n) is 16.0. The van der Waals surface area contributed by atoms with Crippen LogP contribution < -0.4 is 10.5 Å². The van der Waals surface area contributed by atoms with E-state index in [1.54, 1.807) is 29.5 Å². The van der Waals surface area contributed by atoms with Crippen molar-refractivity contribution in [2.45, 2.75) is 63.9 Å². The van der Waals surface area contributed by atoms with Crippen molar-refractivity contribution < 1.29 is 14.3 Å². The van der Waals surface area contributed by atoms with Gasteiger partial charge in [0.15, 0.2) is 0 Å². The summed E-state index contributed by atoms with van der Waals surface area (Å²) in [7, 11) is 3.82. The molecule has 7 nitrogen and oxygen atoms in total. The maximum Gasteiger partial charge on any atom is 0.272 e. The molecule has 0 bridgehead atoms. The Bertz CT molecular complexity index is 1820. The minimum atomic E-state index is -0.525. The van der Waals surface area contributed by atoms with E-state index in [9.17, 15) is 14.7 Å². The van der Waals surface area contributed by atoms with Crippen molar-refractivity contribution in [3.05, 3.63) is 102 Å². The number of halogens is 1. The van der Waals surface area contributed by atoms with Gasteiger partial charge >= 0.3 is 0 Å².